The van der Waals surface area contributed by atoms with Gasteiger partial charge in [-0.3, -0.25) is 0 Å². The smallest absolute Gasteiger partial charge is 0.132 e. The van der Waals surface area contributed by atoms with E-state index >= 15 is 0 Å². The molecule has 106 valence electrons. The molecule has 0 aromatic heterocycles. The zero-order valence-corrected chi connectivity index (χ0v) is 13.3. The fourth-order valence-electron chi connectivity index (χ4n) is 2.28. The minimum Gasteiger partial charge on any atom is -0.497 e. The van der Waals surface area contributed by atoms with E-state index in [4.69, 9.17) is 4.74 Å². The third-order valence-corrected chi connectivity index (χ3v) is 4.29. The van der Waals surface area contributed by atoms with E-state index in [0.29, 0.717) is 11.3 Å². The van der Waals surface area contributed by atoms with E-state index < -0.39 is 0 Å². The van der Waals surface area contributed by atoms with Gasteiger partial charge in [0.15, 0.2) is 0 Å². The molecule has 4 heteroatoms. The molecule has 0 fully saturated rings. The predicted molar refractivity (Wildman–Crippen MR) is 82.7 cm³/mol. The third kappa shape index (κ3) is 2.86. The van der Waals surface area contributed by atoms with Crippen molar-refractivity contribution in [1.29, 1.82) is 0 Å². The molecule has 0 bridgehead atoms. The van der Waals surface area contributed by atoms with Crippen molar-refractivity contribution in [2.24, 2.45) is 0 Å². The number of methoxy groups -OCH3 is 1. The van der Waals surface area contributed by atoms with E-state index in [1.807, 2.05) is 32.2 Å². The molecule has 2 nitrogen and oxygen atoms in total. The molecule has 2 rings (SSSR count). The summed E-state index contributed by atoms with van der Waals surface area (Å²) in [5, 5.41) is 3.18. The maximum absolute atomic E-state index is 14.3. The predicted octanol–water partition coefficient (Wildman–Crippen LogP) is 4.21. The monoisotopic (exact) mass is 337 g/mol. The SMILES string of the molecule is CNC(c1ccc(OC)cc1F)c1cccc(Br)c1C. The first-order valence-corrected chi connectivity index (χ1v) is 7.13. The number of rotatable bonds is 4. The molecular formula is C16H17BrFNO. The standard InChI is InChI=1S/C16H17BrFNO/c1-10-12(5-4-6-14(10)17)16(19-2)13-8-7-11(20-3)9-15(13)18/h4-9,16,19H,1-3H3. The van der Waals surface area contributed by atoms with Crippen molar-refractivity contribution in [2.75, 3.05) is 14.2 Å². The van der Waals surface area contributed by atoms with Crippen LogP contribution >= 0.6 is 15.9 Å². The van der Waals surface area contributed by atoms with Crippen LogP contribution in [-0.4, -0.2) is 14.2 Å². The number of nitrogens with one attached hydrogen (secondary N) is 1. The van der Waals surface area contributed by atoms with Crippen molar-refractivity contribution >= 4 is 15.9 Å². The molecule has 0 saturated heterocycles. The van der Waals surface area contributed by atoms with Crippen LogP contribution < -0.4 is 10.1 Å². The molecule has 0 radical (unpaired) electrons. The highest BCUT2D eigenvalue weighted by molar-refractivity contribution is 9.10. The summed E-state index contributed by atoms with van der Waals surface area (Å²) in [6, 6.07) is 10.7. The lowest BCUT2D eigenvalue weighted by molar-refractivity contribution is 0.410. The Kier molecular flexibility index (Phi) is 4.78. The molecule has 1 unspecified atom stereocenters. The van der Waals surface area contributed by atoms with Crippen molar-refractivity contribution in [2.45, 2.75) is 13.0 Å². The van der Waals surface area contributed by atoms with Gasteiger partial charge in [-0.15, -0.1) is 0 Å². The summed E-state index contributed by atoms with van der Waals surface area (Å²) < 4.78 is 20.3. The number of hydrogen-bond donors (Lipinski definition) is 1. The zero-order chi connectivity index (χ0) is 14.7. The van der Waals surface area contributed by atoms with Gasteiger partial charge in [0.05, 0.1) is 13.2 Å². The van der Waals surface area contributed by atoms with Crippen LogP contribution in [0.25, 0.3) is 0 Å². The lowest BCUT2D eigenvalue weighted by Gasteiger charge is -2.21. The van der Waals surface area contributed by atoms with Crippen LogP contribution in [0.15, 0.2) is 40.9 Å². The van der Waals surface area contributed by atoms with E-state index in [2.05, 4.69) is 21.2 Å². The molecule has 1 atom stereocenters. The second-order valence-corrected chi connectivity index (χ2v) is 5.42. The van der Waals surface area contributed by atoms with Crippen LogP contribution in [0.4, 0.5) is 4.39 Å². The second kappa shape index (κ2) is 6.37. The van der Waals surface area contributed by atoms with Gasteiger partial charge in [0.2, 0.25) is 0 Å². The fourth-order valence-corrected chi connectivity index (χ4v) is 2.67. The van der Waals surface area contributed by atoms with Gasteiger partial charge in [-0.1, -0.05) is 34.1 Å². The number of halogens is 2. The van der Waals surface area contributed by atoms with Crippen molar-refractivity contribution in [3.63, 3.8) is 0 Å². The van der Waals surface area contributed by atoms with Gasteiger partial charge in [-0.2, -0.15) is 0 Å². The van der Waals surface area contributed by atoms with Crippen molar-refractivity contribution in [3.05, 3.63) is 63.4 Å². The van der Waals surface area contributed by atoms with Gasteiger partial charge in [0.1, 0.15) is 11.6 Å². The van der Waals surface area contributed by atoms with Crippen LogP contribution in [0, 0.1) is 12.7 Å². The van der Waals surface area contributed by atoms with E-state index in [-0.39, 0.29) is 11.9 Å². The zero-order valence-electron chi connectivity index (χ0n) is 11.7. The van der Waals surface area contributed by atoms with Gasteiger partial charge < -0.3 is 10.1 Å². The van der Waals surface area contributed by atoms with Crippen LogP contribution in [-0.2, 0) is 0 Å². The Bertz CT molecular complexity index is 615. The largest absolute Gasteiger partial charge is 0.497 e. The molecule has 20 heavy (non-hydrogen) atoms. The number of ether oxygens (including phenoxy) is 1. The summed E-state index contributed by atoms with van der Waals surface area (Å²) in [5.74, 6) is 0.246. The first-order chi connectivity index (χ1) is 9.58. The highest BCUT2D eigenvalue weighted by Crippen LogP contribution is 2.31. The first-order valence-electron chi connectivity index (χ1n) is 6.34. The normalized spacial score (nSPS) is 12.2. The summed E-state index contributed by atoms with van der Waals surface area (Å²) in [4.78, 5) is 0. The molecule has 0 heterocycles. The summed E-state index contributed by atoms with van der Waals surface area (Å²) in [7, 11) is 3.36. The Balaban J connectivity index is 2.50. The highest BCUT2D eigenvalue weighted by Gasteiger charge is 2.19. The molecule has 0 saturated carbocycles. The maximum atomic E-state index is 14.3. The lowest BCUT2D eigenvalue weighted by atomic mass is 9.94. The quantitative estimate of drug-likeness (QED) is 0.902. The Hall–Kier alpha value is -1.39. The molecule has 0 aliphatic heterocycles. The van der Waals surface area contributed by atoms with Crippen molar-refractivity contribution in [1.82, 2.24) is 5.32 Å². The number of hydrogen-bond acceptors (Lipinski definition) is 2. The Morgan fingerprint density at radius 2 is 1.95 bits per heavy atom. The minimum absolute atomic E-state index is 0.196. The second-order valence-electron chi connectivity index (χ2n) is 4.56. The van der Waals surface area contributed by atoms with Crippen LogP contribution in [0.3, 0.4) is 0 Å². The first kappa shape index (κ1) is 15.0. The van der Waals surface area contributed by atoms with Gasteiger partial charge in [-0.25, -0.2) is 4.39 Å². The van der Waals surface area contributed by atoms with Gasteiger partial charge in [0, 0.05) is 16.1 Å². The molecule has 2 aromatic rings. The van der Waals surface area contributed by atoms with E-state index in [9.17, 15) is 4.39 Å². The van der Waals surface area contributed by atoms with Crippen LogP contribution in [0.1, 0.15) is 22.7 Å². The Morgan fingerprint density at radius 1 is 1.20 bits per heavy atom. The van der Waals surface area contributed by atoms with Crippen molar-refractivity contribution < 1.29 is 9.13 Å². The Morgan fingerprint density at radius 3 is 2.55 bits per heavy atom. The molecule has 0 amide bonds. The summed E-state index contributed by atoms with van der Waals surface area (Å²) in [5.41, 5.74) is 2.75. The molecule has 0 aliphatic rings. The van der Waals surface area contributed by atoms with Gasteiger partial charge >= 0.3 is 0 Å². The number of benzene rings is 2. The lowest BCUT2D eigenvalue weighted by Crippen LogP contribution is -2.20. The maximum Gasteiger partial charge on any atom is 0.132 e. The summed E-state index contributed by atoms with van der Waals surface area (Å²) in [6.45, 7) is 2.02. The van der Waals surface area contributed by atoms with Crippen LogP contribution in [0.2, 0.25) is 0 Å². The third-order valence-electron chi connectivity index (χ3n) is 3.43. The van der Waals surface area contributed by atoms with E-state index in [1.165, 1.54) is 13.2 Å². The summed E-state index contributed by atoms with van der Waals surface area (Å²) in [6.07, 6.45) is 0. The minimum atomic E-state index is -0.275. The van der Waals surface area contributed by atoms with Crippen LogP contribution in [0.5, 0.6) is 5.75 Å². The van der Waals surface area contributed by atoms with Crippen molar-refractivity contribution in [3.8, 4) is 5.75 Å². The average Bonchev–Trinajstić information content (AvgIpc) is 2.45. The molecule has 0 aliphatic carbocycles. The molecule has 2 aromatic carbocycles. The summed E-state index contributed by atoms with van der Waals surface area (Å²) >= 11 is 3.52. The molecule has 1 N–H and O–H groups in total. The van der Waals surface area contributed by atoms with Gasteiger partial charge in [-0.05, 0) is 37.2 Å². The average molecular weight is 338 g/mol. The highest BCUT2D eigenvalue weighted by atomic mass is 79.9. The van der Waals surface area contributed by atoms with Gasteiger partial charge in [0.25, 0.3) is 0 Å². The van der Waals surface area contributed by atoms with E-state index in [0.717, 1.165) is 15.6 Å². The topological polar surface area (TPSA) is 21.3 Å². The van der Waals surface area contributed by atoms with E-state index in [1.54, 1.807) is 12.1 Å². The molecule has 0 spiro atoms. The molecular weight excluding hydrogens is 321 g/mol. The fraction of sp³-hybridized carbons (Fsp3) is 0.250. The Labute approximate surface area is 127 Å².